The maximum atomic E-state index is 5.30. The standard InChI is InChI=1S/C11H24O4S/c1-2-3-12-4-5-13-6-7-14-8-9-15-10-11-16/h16H,2-11H2,1H3. The van der Waals surface area contributed by atoms with Gasteiger partial charge in [-0.1, -0.05) is 6.92 Å². The monoisotopic (exact) mass is 252 g/mol. The van der Waals surface area contributed by atoms with Gasteiger partial charge in [0.15, 0.2) is 0 Å². The molecule has 98 valence electrons. The van der Waals surface area contributed by atoms with Crippen LogP contribution >= 0.6 is 12.6 Å². The van der Waals surface area contributed by atoms with Crippen LogP contribution in [0.5, 0.6) is 0 Å². The van der Waals surface area contributed by atoms with Crippen molar-refractivity contribution in [3.05, 3.63) is 0 Å². The van der Waals surface area contributed by atoms with Crippen molar-refractivity contribution in [2.45, 2.75) is 13.3 Å². The van der Waals surface area contributed by atoms with Crippen molar-refractivity contribution in [1.29, 1.82) is 0 Å². The molecule has 0 aliphatic rings. The summed E-state index contributed by atoms with van der Waals surface area (Å²) >= 11 is 4.03. The maximum absolute atomic E-state index is 5.30. The first kappa shape index (κ1) is 16.2. The van der Waals surface area contributed by atoms with Gasteiger partial charge in [-0.25, -0.2) is 0 Å². The zero-order chi connectivity index (χ0) is 11.9. The summed E-state index contributed by atoms with van der Waals surface area (Å²) in [6, 6.07) is 0. The summed E-state index contributed by atoms with van der Waals surface area (Å²) < 4.78 is 21.1. The molecule has 0 rings (SSSR count). The molecule has 0 aliphatic heterocycles. The predicted octanol–water partition coefficient (Wildman–Crippen LogP) is 1.39. The molecule has 0 saturated heterocycles. The second kappa shape index (κ2) is 15.2. The second-order valence-electron chi connectivity index (χ2n) is 3.17. The lowest BCUT2D eigenvalue weighted by Gasteiger charge is -2.06. The lowest BCUT2D eigenvalue weighted by Crippen LogP contribution is -2.12. The van der Waals surface area contributed by atoms with E-state index in [-0.39, 0.29) is 0 Å². The van der Waals surface area contributed by atoms with Crippen LogP contribution in [0.25, 0.3) is 0 Å². The molecule has 0 atom stereocenters. The van der Waals surface area contributed by atoms with Crippen LogP contribution in [0.3, 0.4) is 0 Å². The van der Waals surface area contributed by atoms with Gasteiger partial charge in [-0.2, -0.15) is 12.6 Å². The van der Waals surface area contributed by atoms with E-state index in [1.54, 1.807) is 0 Å². The van der Waals surface area contributed by atoms with E-state index in [0.29, 0.717) is 46.2 Å². The van der Waals surface area contributed by atoms with Crippen LogP contribution in [0.15, 0.2) is 0 Å². The zero-order valence-corrected chi connectivity index (χ0v) is 11.0. The van der Waals surface area contributed by atoms with E-state index >= 15 is 0 Å². The van der Waals surface area contributed by atoms with Gasteiger partial charge in [0.25, 0.3) is 0 Å². The minimum absolute atomic E-state index is 0.609. The summed E-state index contributed by atoms with van der Waals surface area (Å²) in [6.07, 6.45) is 1.05. The topological polar surface area (TPSA) is 36.9 Å². The quantitative estimate of drug-likeness (QED) is 0.397. The van der Waals surface area contributed by atoms with Crippen LogP contribution in [0, 0.1) is 0 Å². The first-order valence-electron chi connectivity index (χ1n) is 5.83. The highest BCUT2D eigenvalue weighted by Gasteiger charge is 1.91. The van der Waals surface area contributed by atoms with E-state index in [0.717, 1.165) is 18.8 Å². The molecule has 0 fully saturated rings. The highest BCUT2D eigenvalue weighted by molar-refractivity contribution is 7.80. The number of rotatable bonds is 13. The van der Waals surface area contributed by atoms with Crippen molar-refractivity contribution in [3.8, 4) is 0 Å². The summed E-state index contributed by atoms with van der Waals surface area (Å²) in [5.74, 6) is 0.751. The number of hydrogen-bond acceptors (Lipinski definition) is 5. The van der Waals surface area contributed by atoms with Crippen molar-refractivity contribution in [2.75, 3.05) is 58.6 Å². The summed E-state index contributed by atoms with van der Waals surface area (Å²) in [4.78, 5) is 0. The average molecular weight is 252 g/mol. The number of hydrogen-bond donors (Lipinski definition) is 1. The molecule has 0 unspecified atom stereocenters. The zero-order valence-electron chi connectivity index (χ0n) is 10.2. The molecule has 0 aliphatic carbocycles. The fraction of sp³-hybridized carbons (Fsp3) is 1.00. The lowest BCUT2D eigenvalue weighted by molar-refractivity contribution is -0.000118. The van der Waals surface area contributed by atoms with Crippen LogP contribution in [-0.4, -0.2) is 58.6 Å². The van der Waals surface area contributed by atoms with E-state index in [2.05, 4.69) is 19.6 Å². The highest BCUT2D eigenvalue weighted by Crippen LogP contribution is 1.84. The number of ether oxygens (including phenoxy) is 4. The van der Waals surface area contributed by atoms with Crippen LogP contribution < -0.4 is 0 Å². The first-order chi connectivity index (χ1) is 7.91. The molecule has 0 amide bonds. The molecular formula is C11H24O4S. The Morgan fingerprint density at radius 2 is 1.00 bits per heavy atom. The molecule has 0 spiro atoms. The molecule has 0 aromatic carbocycles. The lowest BCUT2D eigenvalue weighted by atomic mass is 10.5. The normalized spacial score (nSPS) is 10.9. The highest BCUT2D eigenvalue weighted by atomic mass is 32.1. The van der Waals surface area contributed by atoms with E-state index in [9.17, 15) is 0 Å². The first-order valence-corrected chi connectivity index (χ1v) is 6.47. The smallest absolute Gasteiger partial charge is 0.0701 e. The minimum atomic E-state index is 0.609. The summed E-state index contributed by atoms with van der Waals surface area (Å²) in [5, 5.41) is 0. The second-order valence-corrected chi connectivity index (χ2v) is 3.62. The van der Waals surface area contributed by atoms with Gasteiger partial charge in [-0.05, 0) is 6.42 Å². The van der Waals surface area contributed by atoms with Crippen molar-refractivity contribution >= 4 is 12.6 Å². The van der Waals surface area contributed by atoms with Gasteiger partial charge in [0, 0.05) is 12.4 Å². The third-order valence-electron chi connectivity index (χ3n) is 1.70. The fourth-order valence-electron chi connectivity index (χ4n) is 0.971. The van der Waals surface area contributed by atoms with Gasteiger partial charge >= 0.3 is 0 Å². The van der Waals surface area contributed by atoms with Gasteiger partial charge in [0.2, 0.25) is 0 Å². The Morgan fingerprint density at radius 1 is 0.625 bits per heavy atom. The molecule has 4 nitrogen and oxygen atoms in total. The van der Waals surface area contributed by atoms with Gasteiger partial charge in [-0.3, -0.25) is 0 Å². The third-order valence-corrected chi connectivity index (χ3v) is 1.88. The van der Waals surface area contributed by atoms with Gasteiger partial charge in [0.1, 0.15) is 0 Å². The van der Waals surface area contributed by atoms with Crippen LogP contribution in [-0.2, 0) is 18.9 Å². The summed E-state index contributed by atoms with van der Waals surface area (Å²) in [7, 11) is 0. The van der Waals surface area contributed by atoms with Gasteiger partial charge < -0.3 is 18.9 Å². The Bertz CT molecular complexity index is 111. The Hall–Kier alpha value is 0.190. The van der Waals surface area contributed by atoms with Crippen molar-refractivity contribution in [2.24, 2.45) is 0 Å². The van der Waals surface area contributed by atoms with E-state index < -0.39 is 0 Å². The third kappa shape index (κ3) is 14.2. The average Bonchev–Trinajstić information content (AvgIpc) is 2.31. The molecule has 0 bridgehead atoms. The Morgan fingerprint density at radius 3 is 1.38 bits per heavy atom. The molecule has 5 heteroatoms. The van der Waals surface area contributed by atoms with Crippen molar-refractivity contribution in [3.63, 3.8) is 0 Å². The predicted molar refractivity (Wildman–Crippen MR) is 67.4 cm³/mol. The Balaban J connectivity index is 2.83. The van der Waals surface area contributed by atoms with Gasteiger partial charge in [0.05, 0.1) is 46.2 Å². The molecule has 0 radical (unpaired) electrons. The molecule has 0 N–H and O–H groups in total. The van der Waals surface area contributed by atoms with E-state index in [1.165, 1.54) is 0 Å². The van der Waals surface area contributed by atoms with Gasteiger partial charge in [-0.15, -0.1) is 0 Å². The van der Waals surface area contributed by atoms with Crippen LogP contribution in [0.2, 0.25) is 0 Å². The molecule has 0 saturated carbocycles. The van der Waals surface area contributed by atoms with Crippen molar-refractivity contribution in [1.82, 2.24) is 0 Å². The fourth-order valence-corrected chi connectivity index (χ4v) is 1.10. The summed E-state index contributed by atoms with van der Waals surface area (Å²) in [6.45, 7) is 7.34. The van der Waals surface area contributed by atoms with Crippen molar-refractivity contribution < 1.29 is 18.9 Å². The SMILES string of the molecule is CCCOCCOCCOCCOCCS. The largest absolute Gasteiger partial charge is 0.379 e. The molecule has 0 aromatic rings. The summed E-state index contributed by atoms with van der Waals surface area (Å²) in [5.41, 5.74) is 0. The van der Waals surface area contributed by atoms with Crippen LogP contribution in [0.4, 0.5) is 0 Å². The Labute approximate surface area is 104 Å². The maximum Gasteiger partial charge on any atom is 0.0701 e. The van der Waals surface area contributed by atoms with E-state index in [4.69, 9.17) is 18.9 Å². The van der Waals surface area contributed by atoms with Crippen LogP contribution in [0.1, 0.15) is 13.3 Å². The minimum Gasteiger partial charge on any atom is -0.379 e. The Kier molecular flexibility index (Phi) is 15.4. The molecule has 16 heavy (non-hydrogen) atoms. The van der Waals surface area contributed by atoms with E-state index in [1.807, 2.05) is 0 Å². The molecule has 0 heterocycles. The molecule has 0 aromatic heterocycles. The number of thiol groups is 1. The molecular weight excluding hydrogens is 228 g/mol.